The van der Waals surface area contributed by atoms with E-state index in [9.17, 15) is 4.79 Å². The van der Waals surface area contributed by atoms with Crippen LogP contribution < -0.4 is 4.90 Å². The zero-order chi connectivity index (χ0) is 12.4. The molecular weight excluding hydrogens is 240 g/mol. The molecule has 1 aromatic heterocycles. The van der Waals surface area contributed by atoms with E-state index >= 15 is 0 Å². The molecule has 1 aliphatic heterocycles. The molecule has 2 heterocycles. The van der Waals surface area contributed by atoms with Crippen LogP contribution in [0.15, 0.2) is 5.38 Å². The Kier molecular flexibility index (Phi) is 3.63. The number of nitrogens with zero attached hydrogens (tertiary/aromatic N) is 2. The third-order valence-electron chi connectivity index (χ3n) is 2.58. The summed E-state index contributed by atoms with van der Waals surface area (Å²) >= 11 is 1.46. The third-order valence-corrected chi connectivity index (χ3v) is 3.48. The summed E-state index contributed by atoms with van der Waals surface area (Å²) in [4.78, 5) is 17.8. The number of methoxy groups -OCH3 is 1. The highest BCUT2D eigenvalue weighted by molar-refractivity contribution is 7.13. The van der Waals surface area contributed by atoms with E-state index in [1.54, 1.807) is 5.38 Å². The zero-order valence-electron chi connectivity index (χ0n) is 10.2. The molecule has 1 saturated heterocycles. The Balaban J connectivity index is 2.11. The largest absolute Gasteiger partial charge is 0.464 e. The lowest BCUT2D eigenvalue weighted by atomic mass is 10.2. The average molecular weight is 256 g/mol. The van der Waals surface area contributed by atoms with Crippen molar-refractivity contribution in [3.8, 4) is 0 Å². The summed E-state index contributed by atoms with van der Waals surface area (Å²) in [6, 6.07) is 0. The fourth-order valence-corrected chi connectivity index (χ4v) is 2.76. The highest BCUT2D eigenvalue weighted by Gasteiger charge is 2.25. The number of hydrogen-bond acceptors (Lipinski definition) is 6. The van der Waals surface area contributed by atoms with Gasteiger partial charge in [-0.1, -0.05) is 0 Å². The molecule has 5 nitrogen and oxygen atoms in total. The molecule has 1 aliphatic rings. The maximum absolute atomic E-state index is 11.3. The second kappa shape index (κ2) is 5.01. The predicted octanol–water partition coefficient (Wildman–Crippen LogP) is 1.54. The molecule has 0 N–H and O–H groups in total. The normalized spacial score (nSPS) is 24.8. The van der Waals surface area contributed by atoms with Crippen molar-refractivity contribution in [2.45, 2.75) is 26.1 Å². The van der Waals surface area contributed by atoms with Crippen molar-refractivity contribution >= 4 is 22.4 Å². The Morgan fingerprint density at radius 1 is 1.53 bits per heavy atom. The number of anilines is 1. The van der Waals surface area contributed by atoms with E-state index in [1.165, 1.54) is 18.4 Å². The van der Waals surface area contributed by atoms with Gasteiger partial charge >= 0.3 is 5.97 Å². The van der Waals surface area contributed by atoms with Crippen molar-refractivity contribution in [1.82, 2.24) is 4.98 Å². The summed E-state index contributed by atoms with van der Waals surface area (Å²) in [7, 11) is 1.36. The first-order valence-electron chi connectivity index (χ1n) is 5.54. The molecule has 0 radical (unpaired) electrons. The van der Waals surface area contributed by atoms with Gasteiger partial charge in [-0.15, -0.1) is 11.3 Å². The van der Waals surface area contributed by atoms with Gasteiger partial charge in [0.15, 0.2) is 10.8 Å². The van der Waals surface area contributed by atoms with Gasteiger partial charge in [0, 0.05) is 18.5 Å². The van der Waals surface area contributed by atoms with Crippen LogP contribution in [0.25, 0.3) is 0 Å². The number of esters is 1. The van der Waals surface area contributed by atoms with Gasteiger partial charge in [-0.2, -0.15) is 0 Å². The first-order chi connectivity index (χ1) is 8.10. The van der Waals surface area contributed by atoms with Gasteiger partial charge < -0.3 is 14.4 Å². The lowest BCUT2D eigenvalue weighted by Gasteiger charge is -2.35. The Hall–Kier alpha value is -1.14. The molecule has 17 heavy (non-hydrogen) atoms. The monoisotopic (exact) mass is 256 g/mol. The fourth-order valence-electron chi connectivity index (χ4n) is 1.94. The topological polar surface area (TPSA) is 51.7 Å². The van der Waals surface area contributed by atoms with Crippen LogP contribution in [0.5, 0.6) is 0 Å². The van der Waals surface area contributed by atoms with E-state index in [2.05, 4.69) is 14.6 Å². The van der Waals surface area contributed by atoms with Crippen LogP contribution in [0.3, 0.4) is 0 Å². The first kappa shape index (κ1) is 12.3. The van der Waals surface area contributed by atoms with Gasteiger partial charge in [-0.05, 0) is 13.8 Å². The summed E-state index contributed by atoms with van der Waals surface area (Å²) in [6.07, 6.45) is 0.369. The minimum atomic E-state index is -0.387. The summed E-state index contributed by atoms with van der Waals surface area (Å²) in [6.45, 7) is 5.69. The minimum Gasteiger partial charge on any atom is -0.464 e. The van der Waals surface area contributed by atoms with Gasteiger partial charge in [0.2, 0.25) is 0 Å². The molecule has 0 aromatic carbocycles. The standard InChI is InChI=1S/C11H16N2O3S/c1-7-4-13(5-8(2)16-7)11-12-9(6-17-11)10(14)15-3/h6-8H,4-5H2,1-3H3. The smallest absolute Gasteiger partial charge is 0.357 e. The Bertz CT molecular complexity index is 397. The molecular formula is C11H16N2O3S. The molecule has 0 spiro atoms. The van der Waals surface area contributed by atoms with E-state index in [-0.39, 0.29) is 18.2 Å². The molecule has 0 bridgehead atoms. The Labute approximate surface area is 104 Å². The fraction of sp³-hybridized carbons (Fsp3) is 0.636. The molecule has 0 amide bonds. The maximum atomic E-state index is 11.3. The van der Waals surface area contributed by atoms with Crippen LogP contribution in [0, 0.1) is 0 Å². The van der Waals surface area contributed by atoms with Crippen LogP contribution in [0.1, 0.15) is 24.3 Å². The highest BCUT2D eigenvalue weighted by Crippen LogP contribution is 2.24. The summed E-state index contributed by atoms with van der Waals surface area (Å²) < 4.78 is 10.3. The Morgan fingerprint density at radius 3 is 2.76 bits per heavy atom. The minimum absolute atomic E-state index is 0.184. The zero-order valence-corrected chi connectivity index (χ0v) is 11.0. The number of morpholine rings is 1. The van der Waals surface area contributed by atoms with Crippen LogP contribution >= 0.6 is 11.3 Å². The summed E-state index contributed by atoms with van der Waals surface area (Å²) in [5.41, 5.74) is 0.374. The van der Waals surface area contributed by atoms with Crippen molar-refractivity contribution in [3.63, 3.8) is 0 Å². The molecule has 2 atom stereocenters. The second-order valence-corrected chi connectivity index (χ2v) is 5.01. The average Bonchev–Trinajstić information content (AvgIpc) is 2.76. The maximum Gasteiger partial charge on any atom is 0.357 e. The van der Waals surface area contributed by atoms with E-state index in [4.69, 9.17) is 4.74 Å². The molecule has 2 unspecified atom stereocenters. The summed E-state index contributed by atoms with van der Waals surface area (Å²) in [5, 5.41) is 2.58. The number of thiazole rings is 1. The highest BCUT2D eigenvalue weighted by atomic mass is 32.1. The lowest BCUT2D eigenvalue weighted by Crippen LogP contribution is -2.45. The van der Waals surface area contributed by atoms with E-state index in [1.807, 2.05) is 13.8 Å². The van der Waals surface area contributed by atoms with Crippen molar-refractivity contribution in [2.24, 2.45) is 0 Å². The number of ether oxygens (including phenoxy) is 2. The number of rotatable bonds is 2. The molecule has 94 valence electrons. The third kappa shape index (κ3) is 2.76. The molecule has 1 aromatic rings. The SMILES string of the molecule is COC(=O)c1csc(N2CC(C)OC(C)C2)n1. The molecule has 0 saturated carbocycles. The molecule has 6 heteroatoms. The molecule has 0 aliphatic carbocycles. The van der Waals surface area contributed by atoms with Gasteiger partial charge in [0.05, 0.1) is 19.3 Å². The number of carbonyl (C=O) groups excluding carboxylic acids is 1. The van der Waals surface area contributed by atoms with Crippen LogP contribution in [0.4, 0.5) is 5.13 Å². The van der Waals surface area contributed by atoms with E-state index < -0.39 is 0 Å². The van der Waals surface area contributed by atoms with Gasteiger partial charge in [0.1, 0.15) is 0 Å². The number of carbonyl (C=O) groups is 1. The van der Waals surface area contributed by atoms with Gasteiger partial charge in [-0.3, -0.25) is 0 Å². The van der Waals surface area contributed by atoms with Crippen LogP contribution in [-0.4, -0.2) is 43.4 Å². The Morgan fingerprint density at radius 2 is 2.18 bits per heavy atom. The molecule has 1 fully saturated rings. The predicted molar refractivity (Wildman–Crippen MR) is 65.7 cm³/mol. The van der Waals surface area contributed by atoms with E-state index in [0.29, 0.717) is 5.69 Å². The lowest BCUT2D eigenvalue weighted by molar-refractivity contribution is -0.00523. The van der Waals surface area contributed by atoms with Crippen molar-refractivity contribution in [2.75, 3.05) is 25.1 Å². The number of aromatic nitrogens is 1. The first-order valence-corrected chi connectivity index (χ1v) is 6.42. The summed E-state index contributed by atoms with van der Waals surface area (Å²) in [5.74, 6) is -0.387. The quantitative estimate of drug-likeness (QED) is 0.751. The van der Waals surface area contributed by atoms with Crippen LogP contribution in [-0.2, 0) is 9.47 Å². The van der Waals surface area contributed by atoms with Gasteiger partial charge in [0.25, 0.3) is 0 Å². The van der Waals surface area contributed by atoms with Gasteiger partial charge in [-0.25, -0.2) is 9.78 Å². The van der Waals surface area contributed by atoms with Crippen molar-refractivity contribution < 1.29 is 14.3 Å². The van der Waals surface area contributed by atoms with Crippen molar-refractivity contribution in [3.05, 3.63) is 11.1 Å². The van der Waals surface area contributed by atoms with Crippen molar-refractivity contribution in [1.29, 1.82) is 0 Å². The van der Waals surface area contributed by atoms with E-state index in [0.717, 1.165) is 18.2 Å². The second-order valence-electron chi connectivity index (χ2n) is 4.17. The molecule has 2 rings (SSSR count). The van der Waals surface area contributed by atoms with Crippen LogP contribution in [0.2, 0.25) is 0 Å². The number of hydrogen-bond donors (Lipinski definition) is 0.